The normalized spacial score (nSPS) is 56.6. The molecule has 0 aromatic carbocycles. The molecule has 2 saturated carbocycles. The summed E-state index contributed by atoms with van der Waals surface area (Å²) >= 11 is 0. The average Bonchev–Trinajstić information content (AvgIpc) is 3.68. The van der Waals surface area contributed by atoms with Crippen LogP contribution in [-0.2, 0) is 37.9 Å². The Balaban J connectivity index is 0.846. The number of hydrogen-bond donors (Lipinski definition) is 8. The molecule has 340 valence electrons. The molecule has 0 aromatic rings. The molecule has 60 heavy (non-hydrogen) atoms. The summed E-state index contributed by atoms with van der Waals surface area (Å²) in [5.41, 5.74) is 3.00. The van der Waals surface area contributed by atoms with Crippen LogP contribution in [0, 0.1) is 40.4 Å². The van der Waals surface area contributed by atoms with E-state index in [9.17, 15) is 40.9 Å². The van der Waals surface area contributed by atoms with E-state index in [1.165, 1.54) is 12.5 Å². The molecule has 7 fully saturated rings. The molecule has 0 unspecified atom stereocenters. The molecule has 1 spiro atoms. The number of rotatable bonds is 7. The van der Waals surface area contributed by atoms with Crippen LogP contribution in [0.5, 0.6) is 0 Å². The van der Waals surface area contributed by atoms with E-state index in [0.717, 1.165) is 51.6 Å². The predicted molar refractivity (Wildman–Crippen MR) is 208 cm³/mol. The smallest absolute Gasteiger partial charge is 0.187 e. The van der Waals surface area contributed by atoms with Crippen molar-refractivity contribution in [2.24, 2.45) is 40.4 Å². The summed E-state index contributed by atoms with van der Waals surface area (Å²) in [6.07, 6.45) is -8.24. The first-order chi connectivity index (χ1) is 28.5. The standard InChI is InChI=1S/C44H68O16/c1-19-8-13-44(54-17-19)20(2)30-28(60-44)15-26-24-7-6-22-14-23(9-11-42(22,4)25(24)10-12-43(26,30)5)56-40-36(52)34(50)37(29(16-45)57-40)58-41-38(32(48)27(46)18-53-41)59-39-35(51)33(49)31(47)21(3)55-39/h6,15,19-21,23-25,27-41,45-52H,7-14,16-18H2,1-5H3/t19-,20+,21+,23+,24-,25+,27-,28+,29-,30+,31+,32+,33-,34-,35-,36-,37-,38-,39+,40-,41+,42+,43+,44-/m1/s1. The van der Waals surface area contributed by atoms with E-state index in [-0.39, 0.29) is 23.0 Å². The summed E-state index contributed by atoms with van der Waals surface area (Å²) in [6.45, 7) is 10.7. The molecule has 0 bridgehead atoms. The minimum Gasteiger partial charge on any atom is -0.394 e. The zero-order chi connectivity index (χ0) is 42.6. The molecule has 16 heteroatoms. The van der Waals surface area contributed by atoms with Crippen molar-refractivity contribution in [2.75, 3.05) is 19.8 Å². The molecule has 0 amide bonds. The van der Waals surface area contributed by atoms with Gasteiger partial charge in [0.2, 0.25) is 0 Å². The van der Waals surface area contributed by atoms with Gasteiger partial charge in [-0.25, -0.2) is 0 Å². The van der Waals surface area contributed by atoms with Gasteiger partial charge >= 0.3 is 0 Å². The first-order valence-corrected chi connectivity index (χ1v) is 22.5. The molecule has 16 nitrogen and oxygen atoms in total. The lowest BCUT2D eigenvalue weighted by atomic mass is 9.48. The Kier molecular flexibility index (Phi) is 12.0. The third-order valence-corrected chi connectivity index (χ3v) is 16.7. The number of aliphatic hydroxyl groups is 8. The van der Waals surface area contributed by atoms with Gasteiger partial charge in [-0.3, -0.25) is 0 Å². The zero-order valence-electron chi connectivity index (χ0n) is 35.4. The van der Waals surface area contributed by atoms with Crippen LogP contribution in [-0.4, -0.2) is 165 Å². The van der Waals surface area contributed by atoms with Crippen molar-refractivity contribution in [3.63, 3.8) is 0 Å². The van der Waals surface area contributed by atoms with Gasteiger partial charge in [0.25, 0.3) is 0 Å². The van der Waals surface area contributed by atoms with Gasteiger partial charge in [-0.05, 0) is 80.5 Å². The molecule has 24 atom stereocenters. The fourth-order valence-corrected chi connectivity index (χ4v) is 13.0. The second kappa shape index (κ2) is 16.4. The molecule has 0 aromatic heterocycles. The van der Waals surface area contributed by atoms with Crippen LogP contribution in [0.25, 0.3) is 0 Å². The van der Waals surface area contributed by atoms with E-state index >= 15 is 0 Å². The Morgan fingerprint density at radius 1 is 0.733 bits per heavy atom. The monoisotopic (exact) mass is 852 g/mol. The second-order valence-corrected chi connectivity index (χ2v) is 20.2. The first kappa shape index (κ1) is 44.1. The van der Waals surface area contributed by atoms with Gasteiger partial charge in [-0.2, -0.15) is 0 Å². The Labute approximate surface area is 351 Å². The summed E-state index contributed by atoms with van der Waals surface area (Å²) in [7, 11) is 0. The van der Waals surface area contributed by atoms with E-state index in [1.54, 1.807) is 5.57 Å². The van der Waals surface area contributed by atoms with Gasteiger partial charge in [-0.15, -0.1) is 0 Å². The van der Waals surface area contributed by atoms with Crippen molar-refractivity contribution in [1.82, 2.24) is 0 Å². The average molecular weight is 853 g/mol. The quantitative estimate of drug-likeness (QED) is 0.165. The van der Waals surface area contributed by atoms with Crippen LogP contribution in [0.4, 0.5) is 0 Å². The number of allylic oxidation sites excluding steroid dienone is 2. The second-order valence-electron chi connectivity index (χ2n) is 20.2. The van der Waals surface area contributed by atoms with Gasteiger partial charge in [0.05, 0.1) is 38.1 Å². The summed E-state index contributed by atoms with van der Waals surface area (Å²) < 4.78 is 48.9. The molecular weight excluding hydrogens is 784 g/mol. The van der Waals surface area contributed by atoms with E-state index in [1.807, 2.05) is 0 Å². The summed E-state index contributed by atoms with van der Waals surface area (Å²) in [4.78, 5) is 0. The van der Waals surface area contributed by atoms with Crippen molar-refractivity contribution in [3.05, 3.63) is 23.3 Å². The molecule has 5 aliphatic heterocycles. The molecule has 5 heterocycles. The van der Waals surface area contributed by atoms with Crippen molar-refractivity contribution in [3.8, 4) is 0 Å². The Morgan fingerprint density at radius 3 is 2.18 bits per heavy atom. The topological polar surface area (TPSA) is 236 Å². The Bertz CT molecular complexity index is 1620. The van der Waals surface area contributed by atoms with E-state index in [2.05, 4.69) is 39.8 Å². The van der Waals surface area contributed by atoms with Gasteiger partial charge in [0, 0.05) is 18.3 Å². The van der Waals surface area contributed by atoms with E-state index in [4.69, 9.17) is 37.9 Å². The van der Waals surface area contributed by atoms with Gasteiger partial charge in [-0.1, -0.05) is 51.0 Å². The van der Waals surface area contributed by atoms with Crippen LogP contribution in [0.3, 0.4) is 0 Å². The highest BCUT2D eigenvalue weighted by molar-refractivity contribution is 5.38. The maximum atomic E-state index is 11.4. The zero-order valence-corrected chi connectivity index (χ0v) is 35.4. The maximum Gasteiger partial charge on any atom is 0.187 e. The lowest BCUT2D eigenvalue weighted by Crippen LogP contribution is -2.65. The lowest BCUT2D eigenvalue weighted by molar-refractivity contribution is -0.378. The predicted octanol–water partition coefficient (Wildman–Crippen LogP) is 0.773. The van der Waals surface area contributed by atoms with Crippen LogP contribution in [0.15, 0.2) is 23.3 Å². The fraction of sp³-hybridized carbons (Fsp3) is 0.909. The minimum absolute atomic E-state index is 0.0114. The third kappa shape index (κ3) is 7.11. The third-order valence-electron chi connectivity index (χ3n) is 16.7. The van der Waals surface area contributed by atoms with Crippen molar-refractivity contribution < 1.29 is 78.7 Å². The highest BCUT2D eigenvalue weighted by Gasteiger charge is 2.66. The van der Waals surface area contributed by atoms with Crippen LogP contribution >= 0.6 is 0 Å². The Hall–Kier alpha value is -1.16. The number of hydrogen-bond acceptors (Lipinski definition) is 16. The van der Waals surface area contributed by atoms with E-state index in [0.29, 0.717) is 36.0 Å². The van der Waals surface area contributed by atoms with Crippen molar-refractivity contribution in [2.45, 2.75) is 190 Å². The number of ether oxygens (including phenoxy) is 8. The van der Waals surface area contributed by atoms with Gasteiger partial charge < -0.3 is 78.7 Å². The highest BCUT2D eigenvalue weighted by Crippen LogP contribution is 2.68. The first-order valence-electron chi connectivity index (χ1n) is 22.5. The van der Waals surface area contributed by atoms with Crippen molar-refractivity contribution >= 4 is 0 Å². The van der Waals surface area contributed by atoms with Gasteiger partial charge in [0.15, 0.2) is 24.7 Å². The number of aliphatic hydroxyl groups excluding tert-OH is 8. The number of fused-ring (bicyclic) bond motifs is 7. The molecule has 5 saturated heterocycles. The van der Waals surface area contributed by atoms with Crippen LogP contribution in [0.1, 0.15) is 86.0 Å². The summed E-state index contributed by atoms with van der Waals surface area (Å²) in [6, 6.07) is 0. The van der Waals surface area contributed by atoms with E-state index < -0.39 is 105 Å². The van der Waals surface area contributed by atoms with Crippen LogP contribution in [0.2, 0.25) is 0 Å². The van der Waals surface area contributed by atoms with Crippen molar-refractivity contribution in [1.29, 1.82) is 0 Å². The molecule has 0 radical (unpaired) electrons. The molecule has 9 aliphatic rings. The molecule has 4 aliphatic carbocycles. The molecular formula is C44H68O16. The SMILES string of the molecule is C[C@@H]1CC[C@@]2(OC1)O[C@H]1C=C3[C@@H]4CC=C5C[C@@H](O[C@@H]6O[C@H](CO)[C@@H](O[C@@H]7OC[C@@H](O)[C@H](O)[C@H]7O[C@@H]7O[C@@H](C)[C@H](O)[C@@H](O)[C@H]7O)[C@H](O)[C@H]6O)CC[C@]5(C)[C@H]4CC[C@]3(C)[C@H]1[C@@H]2C. The fourth-order valence-electron chi connectivity index (χ4n) is 13.0. The largest absolute Gasteiger partial charge is 0.394 e. The summed E-state index contributed by atoms with van der Waals surface area (Å²) in [5.74, 6) is 1.78. The Morgan fingerprint density at radius 2 is 1.45 bits per heavy atom. The molecule has 9 rings (SSSR count). The summed E-state index contributed by atoms with van der Waals surface area (Å²) in [5, 5.41) is 85.5. The maximum absolute atomic E-state index is 11.4. The lowest BCUT2D eigenvalue weighted by Gasteiger charge is -2.57. The highest BCUT2D eigenvalue weighted by atomic mass is 16.8. The molecule has 8 N–H and O–H groups in total. The minimum atomic E-state index is -1.73. The van der Waals surface area contributed by atoms with Crippen LogP contribution < -0.4 is 0 Å². The van der Waals surface area contributed by atoms with Gasteiger partial charge in [0.1, 0.15) is 61.0 Å².